The Hall–Kier alpha value is -2.44. The molecule has 2 aromatic rings. The minimum absolute atomic E-state index is 0.107. The molecule has 160 valence electrons. The number of carbonyl (C=O) groups is 2. The van der Waals surface area contributed by atoms with Crippen molar-refractivity contribution in [2.45, 2.75) is 45.6 Å². The molecule has 1 unspecified atom stereocenters. The molecule has 1 atom stereocenters. The van der Waals surface area contributed by atoms with Gasteiger partial charge < -0.3 is 14.7 Å². The summed E-state index contributed by atoms with van der Waals surface area (Å²) in [4.78, 5) is 28.3. The highest BCUT2D eigenvalue weighted by Crippen LogP contribution is 2.42. The maximum Gasteiger partial charge on any atom is 0.295 e. The number of rotatable bonds is 6. The van der Waals surface area contributed by atoms with Crippen LogP contribution < -0.4 is 0 Å². The third kappa shape index (κ3) is 4.20. The van der Waals surface area contributed by atoms with Crippen molar-refractivity contribution in [1.29, 1.82) is 0 Å². The summed E-state index contributed by atoms with van der Waals surface area (Å²) in [6, 6.07) is 9.11. The van der Waals surface area contributed by atoms with E-state index in [4.69, 9.17) is 4.74 Å². The van der Waals surface area contributed by atoms with E-state index in [0.717, 1.165) is 16.0 Å². The van der Waals surface area contributed by atoms with E-state index in [9.17, 15) is 14.7 Å². The number of aryl methyl sites for hydroxylation is 1. The molecule has 1 N–H and O–H groups in total. The molecule has 0 bridgehead atoms. The maximum atomic E-state index is 13.0. The molecular formula is C24H29NO4S. The SMILES string of the molecule is COCCCN1C(=O)C(=O)/C(=C(/O)c2cc(C(C)(C)C)ccc2C)C1c1cccs1. The van der Waals surface area contributed by atoms with Crippen LogP contribution >= 0.6 is 11.3 Å². The lowest BCUT2D eigenvalue weighted by Gasteiger charge is -2.24. The van der Waals surface area contributed by atoms with Gasteiger partial charge in [0.15, 0.2) is 0 Å². The van der Waals surface area contributed by atoms with Crippen LogP contribution in [0.4, 0.5) is 0 Å². The lowest BCUT2D eigenvalue weighted by Crippen LogP contribution is -2.31. The summed E-state index contributed by atoms with van der Waals surface area (Å²) in [7, 11) is 1.61. The van der Waals surface area contributed by atoms with Crippen molar-refractivity contribution in [1.82, 2.24) is 4.90 Å². The molecule has 6 heteroatoms. The summed E-state index contributed by atoms with van der Waals surface area (Å²) in [6.45, 7) is 9.08. The number of ether oxygens (including phenoxy) is 1. The summed E-state index contributed by atoms with van der Waals surface area (Å²) in [5, 5.41) is 13.2. The second-order valence-electron chi connectivity index (χ2n) is 8.63. The van der Waals surface area contributed by atoms with Crippen LogP contribution in [0.15, 0.2) is 41.3 Å². The molecule has 0 aliphatic carbocycles. The maximum absolute atomic E-state index is 13.0. The van der Waals surface area contributed by atoms with Crippen molar-refractivity contribution in [2.75, 3.05) is 20.3 Å². The lowest BCUT2D eigenvalue weighted by molar-refractivity contribution is -0.140. The first-order chi connectivity index (χ1) is 14.2. The Morgan fingerprint density at radius 3 is 2.57 bits per heavy atom. The highest BCUT2D eigenvalue weighted by Gasteiger charge is 2.46. The van der Waals surface area contributed by atoms with Crippen LogP contribution in [0.5, 0.6) is 0 Å². The van der Waals surface area contributed by atoms with E-state index in [-0.39, 0.29) is 16.7 Å². The normalized spacial score (nSPS) is 19.0. The van der Waals surface area contributed by atoms with Gasteiger partial charge in [-0.1, -0.05) is 39.0 Å². The van der Waals surface area contributed by atoms with Gasteiger partial charge in [-0.05, 0) is 47.4 Å². The van der Waals surface area contributed by atoms with Crippen molar-refractivity contribution in [3.63, 3.8) is 0 Å². The molecule has 30 heavy (non-hydrogen) atoms. The van der Waals surface area contributed by atoms with Crippen LogP contribution in [0, 0.1) is 6.92 Å². The van der Waals surface area contributed by atoms with Crippen molar-refractivity contribution in [2.24, 2.45) is 0 Å². The molecule has 1 saturated heterocycles. The van der Waals surface area contributed by atoms with E-state index in [1.54, 1.807) is 12.0 Å². The second kappa shape index (κ2) is 8.74. The number of ketones is 1. The summed E-state index contributed by atoms with van der Waals surface area (Å²) >= 11 is 1.47. The Kier molecular flexibility index (Phi) is 6.48. The third-order valence-corrected chi connectivity index (χ3v) is 6.38. The predicted molar refractivity (Wildman–Crippen MR) is 120 cm³/mol. The van der Waals surface area contributed by atoms with E-state index in [1.807, 2.05) is 42.6 Å². The number of thiophene rings is 1. The van der Waals surface area contributed by atoms with Gasteiger partial charge in [0.25, 0.3) is 11.7 Å². The molecule has 1 aliphatic rings. The summed E-state index contributed by atoms with van der Waals surface area (Å²) in [5.41, 5.74) is 2.56. The molecule has 1 aliphatic heterocycles. The fraction of sp³-hybridized carbons (Fsp3) is 0.417. The standard InChI is InChI=1S/C24H29NO4S/c1-15-9-10-16(24(2,3)4)14-17(15)21(26)19-20(18-8-6-13-30-18)25(11-7-12-29-5)23(28)22(19)27/h6,8-10,13-14,20,26H,7,11-12H2,1-5H3/b21-19+. The quantitative estimate of drug-likeness (QED) is 0.311. The van der Waals surface area contributed by atoms with Crippen LogP contribution in [-0.2, 0) is 19.7 Å². The van der Waals surface area contributed by atoms with E-state index in [0.29, 0.717) is 25.1 Å². The average molecular weight is 428 g/mol. The summed E-state index contributed by atoms with van der Waals surface area (Å²) in [5.74, 6) is -1.32. The number of hydrogen-bond donors (Lipinski definition) is 1. The largest absolute Gasteiger partial charge is 0.507 e. The van der Waals surface area contributed by atoms with Crippen LogP contribution in [0.2, 0.25) is 0 Å². The zero-order valence-electron chi connectivity index (χ0n) is 18.2. The lowest BCUT2D eigenvalue weighted by atomic mass is 9.84. The number of amides is 1. The Morgan fingerprint density at radius 1 is 1.23 bits per heavy atom. The van der Waals surface area contributed by atoms with Gasteiger partial charge in [0.1, 0.15) is 5.76 Å². The number of hydrogen-bond acceptors (Lipinski definition) is 5. The molecule has 5 nitrogen and oxygen atoms in total. The molecule has 0 radical (unpaired) electrons. The first kappa shape index (κ1) is 22.2. The molecule has 1 aromatic heterocycles. The smallest absolute Gasteiger partial charge is 0.295 e. The summed E-state index contributed by atoms with van der Waals surface area (Å²) < 4.78 is 5.11. The number of benzene rings is 1. The fourth-order valence-electron chi connectivity index (χ4n) is 3.72. The molecule has 3 rings (SSSR count). The minimum Gasteiger partial charge on any atom is -0.507 e. The second-order valence-corrected chi connectivity index (χ2v) is 9.61. The van der Waals surface area contributed by atoms with E-state index < -0.39 is 17.7 Å². The molecule has 2 heterocycles. The number of aliphatic hydroxyl groups excluding tert-OH is 1. The van der Waals surface area contributed by atoms with Gasteiger partial charge in [0.2, 0.25) is 0 Å². The third-order valence-electron chi connectivity index (χ3n) is 5.46. The van der Waals surface area contributed by atoms with E-state index in [2.05, 4.69) is 20.8 Å². The zero-order valence-corrected chi connectivity index (χ0v) is 19.0. The van der Waals surface area contributed by atoms with Crippen molar-refractivity contribution in [3.8, 4) is 0 Å². The Bertz CT molecular complexity index is 970. The zero-order chi connectivity index (χ0) is 22.1. The number of likely N-dealkylation sites (tertiary alicyclic amines) is 1. The highest BCUT2D eigenvalue weighted by atomic mass is 32.1. The first-order valence-corrected chi connectivity index (χ1v) is 11.0. The molecule has 0 spiro atoms. The van der Waals surface area contributed by atoms with Crippen molar-refractivity contribution in [3.05, 3.63) is 62.9 Å². The van der Waals surface area contributed by atoms with Gasteiger partial charge >= 0.3 is 0 Å². The monoisotopic (exact) mass is 427 g/mol. The van der Waals surface area contributed by atoms with Gasteiger partial charge in [-0.3, -0.25) is 9.59 Å². The fourth-order valence-corrected chi connectivity index (χ4v) is 4.57. The first-order valence-electron chi connectivity index (χ1n) is 10.1. The van der Waals surface area contributed by atoms with Gasteiger partial charge in [0, 0.05) is 30.7 Å². The van der Waals surface area contributed by atoms with Gasteiger partial charge in [-0.15, -0.1) is 11.3 Å². The Morgan fingerprint density at radius 2 is 1.97 bits per heavy atom. The van der Waals surface area contributed by atoms with Gasteiger partial charge in [0.05, 0.1) is 11.6 Å². The van der Waals surface area contributed by atoms with Crippen molar-refractivity contribution < 1.29 is 19.4 Å². The van der Waals surface area contributed by atoms with Crippen LogP contribution in [-0.4, -0.2) is 42.0 Å². The number of nitrogens with zero attached hydrogens (tertiary/aromatic N) is 1. The predicted octanol–water partition coefficient (Wildman–Crippen LogP) is 4.81. The molecular weight excluding hydrogens is 398 g/mol. The van der Waals surface area contributed by atoms with Crippen LogP contribution in [0.25, 0.3) is 5.76 Å². The molecule has 0 saturated carbocycles. The van der Waals surface area contributed by atoms with E-state index in [1.165, 1.54) is 11.3 Å². The van der Waals surface area contributed by atoms with Gasteiger partial charge in [-0.25, -0.2) is 0 Å². The van der Waals surface area contributed by atoms with Crippen LogP contribution in [0.1, 0.15) is 54.8 Å². The topological polar surface area (TPSA) is 66.8 Å². The van der Waals surface area contributed by atoms with Crippen LogP contribution in [0.3, 0.4) is 0 Å². The Labute approximate surface area is 182 Å². The molecule has 1 aromatic carbocycles. The van der Waals surface area contributed by atoms with Gasteiger partial charge in [-0.2, -0.15) is 0 Å². The molecule has 1 fully saturated rings. The Balaban J connectivity index is 2.15. The number of methoxy groups -OCH3 is 1. The van der Waals surface area contributed by atoms with Crippen molar-refractivity contribution >= 4 is 28.8 Å². The molecule has 1 amide bonds. The number of aliphatic hydroxyl groups is 1. The van der Waals surface area contributed by atoms with E-state index >= 15 is 0 Å². The average Bonchev–Trinajstić information content (AvgIpc) is 3.29. The minimum atomic E-state index is -0.635. The number of Topliss-reactive ketones (excluding diaryl/α,β-unsaturated/α-hetero) is 1. The summed E-state index contributed by atoms with van der Waals surface area (Å²) in [6.07, 6.45) is 0.615. The number of carbonyl (C=O) groups excluding carboxylic acids is 2. The highest BCUT2D eigenvalue weighted by molar-refractivity contribution is 7.10.